The summed E-state index contributed by atoms with van der Waals surface area (Å²) in [7, 11) is 2.22. The zero-order valence-electron chi connectivity index (χ0n) is 11.3. The van der Waals surface area contributed by atoms with E-state index in [1.807, 2.05) is 0 Å². The van der Waals surface area contributed by atoms with Gasteiger partial charge in [-0.05, 0) is 45.4 Å². The van der Waals surface area contributed by atoms with Gasteiger partial charge in [0, 0.05) is 39.3 Å². The SMILES string of the molecule is CN1CCN(CCN2CCC(CN)CC2)CC1. The van der Waals surface area contributed by atoms with E-state index in [0.717, 1.165) is 12.5 Å². The molecule has 2 fully saturated rings. The molecule has 4 heteroatoms. The lowest BCUT2D eigenvalue weighted by molar-refractivity contribution is 0.120. The second kappa shape index (κ2) is 6.69. The van der Waals surface area contributed by atoms with Crippen molar-refractivity contribution in [3.63, 3.8) is 0 Å². The molecule has 0 spiro atoms. The summed E-state index contributed by atoms with van der Waals surface area (Å²) in [5, 5.41) is 0. The van der Waals surface area contributed by atoms with Crippen LogP contribution in [-0.2, 0) is 0 Å². The molecule has 0 bridgehead atoms. The van der Waals surface area contributed by atoms with Gasteiger partial charge in [-0.15, -0.1) is 0 Å². The van der Waals surface area contributed by atoms with E-state index in [1.54, 1.807) is 0 Å². The monoisotopic (exact) mass is 240 g/mol. The van der Waals surface area contributed by atoms with Crippen molar-refractivity contribution in [2.45, 2.75) is 12.8 Å². The minimum atomic E-state index is 0.787. The zero-order valence-corrected chi connectivity index (χ0v) is 11.3. The highest BCUT2D eigenvalue weighted by Gasteiger charge is 2.19. The Morgan fingerprint density at radius 3 is 1.94 bits per heavy atom. The van der Waals surface area contributed by atoms with Crippen LogP contribution in [0.3, 0.4) is 0 Å². The summed E-state index contributed by atoms with van der Waals surface area (Å²) in [5.41, 5.74) is 5.72. The quantitative estimate of drug-likeness (QED) is 0.745. The molecular weight excluding hydrogens is 212 g/mol. The largest absolute Gasteiger partial charge is 0.330 e. The van der Waals surface area contributed by atoms with Crippen molar-refractivity contribution < 1.29 is 0 Å². The van der Waals surface area contributed by atoms with E-state index in [9.17, 15) is 0 Å². The van der Waals surface area contributed by atoms with Crippen LogP contribution in [0.5, 0.6) is 0 Å². The van der Waals surface area contributed by atoms with Gasteiger partial charge in [0.25, 0.3) is 0 Å². The lowest BCUT2D eigenvalue weighted by Gasteiger charge is -2.36. The molecule has 0 unspecified atom stereocenters. The molecule has 2 aliphatic heterocycles. The number of rotatable bonds is 4. The first-order valence-corrected chi connectivity index (χ1v) is 7.11. The lowest BCUT2D eigenvalue weighted by atomic mass is 9.97. The smallest absolute Gasteiger partial charge is 0.0110 e. The molecule has 2 rings (SSSR count). The molecule has 0 radical (unpaired) electrons. The van der Waals surface area contributed by atoms with Gasteiger partial charge in [-0.2, -0.15) is 0 Å². The summed E-state index contributed by atoms with van der Waals surface area (Å²) < 4.78 is 0. The second-order valence-electron chi connectivity index (χ2n) is 5.67. The Morgan fingerprint density at radius 2 is 1.41 bits per heavy atom. The minimum absolute atomic E-state index is 0.787. The number of nitrogens with zero attached hydrogens (tertiary/aromatic N) is 3. The van der Waals surface area contributed by atoms with Crippen LogP contribution < -0.4 is 5.73 Å². The lowest BCUT2D eigenvalue weighted by Crippen LogP contribution is -2.47. The Hall–Kier alpha value is -0.160. The van der Waals surface area contributed by atoms with E-state index in [-0.39, 0.29) is 0 Å². The summed E-state index contributed by atoms with van der Waals surface area (Å²) in [6, 6.07) is 0. The third-order valence-corrected chi connectivity index (χ3v) is 4.37. The van der Waals surface area contributed by atoms with Crippen molar-refractivity contribution >= 4 is 0 Å². The topological polar surface area (TPSA) is 35.7 Å². The number of piperidine rings is 1. The van der Waals surface area contributed by atoms with Gasteiger partial charge in [-0.3, -0.25) is 4.90 Å². The summed E-state index contributed by atoms with van der Waals surface area (Å²) in [6.45, 7) is 10.9. The van der Waals surface area contributed by atoms with Gasteiger partial charge in [0.1, 0.15) is 0 Å². The molecule has 0 aliphatic carbocycles. The average molecular weight is 240 g/mol. The molecule has 0 atom stereocenters. The predicted molar refractivity (Wildman–Crippen MR) is 72.2 cm³/mol. The highest BCUT2D eigenvalue weighted by Crippen LogP contribution is 2.15. The van der Waals surface area contributed by atoms with Crippen molar-refractivity contribution in [1.82, 2.24) is 14.7 Å². The first-order chi connectivity index (χ1) is 8.28. The molecule has 0 saturated carbocycles. The van der Waals surface area contributed by atoms with Crippen LogP contribution in [0.2, 0.25) is 0 Å². The van der Waals surface area contributed by atoms with Gasteiger partial charge in [-0.1, -0.05) is 0 Å². The fraction of sp³-hybridized carbons (Fsp3) is 1.00. The highest BCUT2D eigenvalue weighted by atomic mass is 15.3. The predicted octanol–water partition coefficient (Wildman–Crippen LogP) is -0.0955. The molecule has 100 valence electrons. The van der Waals surface area contributed by atoms with Crippen LogP contribution in [0.15, 0.2) is 0 Å². The molecule has 0 amide bonds. The van der Waals surface area contributed by atoms with Crippen LogP contribution in [0.1, 0.15) is 12.8 Å². The fourth-order valence-corrected chi connectivity index (χ4v) is 2.80. The number of hydrogen-bond acceptors (Lipinski definition) is 4. The van der Waals surface area contributed by atoms with Crippen molar-refractivity contribution in [1.29, 1.82) is 0 Å². The van der Waals surface area contributed by atoms with Gasteiger partial charge in [0.15, 0.2) is 0 Å². The fourth-order valence-electron chi connectivity index (χ4n) is 2.80. The molecule has 4 nitrogen and oxygen atoms in total. The molecule has 2 N–H and O–H groups in total. The maximum atomic E-state index is 5.72. The summed E-state index contributed by atoms with van der Waals surface area (Å²) in [5.74, 6) is 0.787. The van der Waals surface area contributed by atoms with Gasteiger partial charge in [-0.25, -0.2) is 0 Å². The molecule has 0 aromatic rings. The third kappa shape index (κ3) is 4.21. The molecule has 2 heterocycles. The molecule has 2 aliphatic rings. The van der Waals surface area contributed by atoms with E-state index in [4.69, 9.17) is 5.73 Å². The highest BCUT2D eigenvalue weighted by molar-refractivity contribution is 4.75. The Kier molecular flexibility index (Phi) is 5.22. The molecule has 17 heavy (non-hydrogen) atoms. The summed E-state index contributed by atoms with van der Waals surface area (Å²) in [6.07, 6.45) is 2.61. The maximum Gasteiger partial charge on any atom is 0.0110 e. The molecule has 2 saturated heterocycles. The van der Waals surface area contributed by atoms with Crippen LogP contribution in [0.4, 0.5) is 0 Å². The summed E-state index contributed by atoms with van der Waals surface area (Å²) >= 11 is 0. The minimum Gasteiger partial charge on any atom is -0.330 e. The van der Waals surface area contributed by atoms with Crippen molar-refractivity contribution in [3.8, 4) is 0 Å². The normalized spacial score (nSPS) is 26.5. The van der Waals surface area contributed by atoms with Gasteiger partial charge >= 0.3 is 0 Å². The Balaban J connectivity index is 1.59. The first kappa shape index (κ1) is 13.3. The molecular formula is C13H28N4. The molecule has 0 aromatic heterocycles. The number of nitrogens with two attached hydrogens (primary N) is 1. The van der Waals surface area contributed by atoms with E-state index in [2.05, 4.69) is 21.7 Å². The van der Waals surface area contributed by atoms with Gasteiger partial charge < -0.3 is 15.5 Å². The Labute approximate surface area is 106 Å². The van der Waals surface area contributed by atoms with E-state index >= 15 is 0 Å². The average Bonchev–Trinajstić information content (AvgIpc) is 2.39. The summed E-state index contributed by atoms with van der Waals surface area (Å²) in [4.78, 5) is 7.64. The van der Waals surface area contributed by atoms with Crippen molar-refractivity contribution in [2.75, 3.05) is 66.0 Å². The standard InChI is InChI=1S/C13H28N4/c1-15-6-8-17(9-7-15)11-10-16-4-2-13(12-14)3-5-16/h13H,2-12,14H2,1H3. The van der Waals surface area contributed by atoms with E-state index in [1.165, 1.54) is 65.2 Å². The van der Waals surface area contributed by atoms with Crippen LogP contribution in [0, 0.1) is 5.92 Å². The molecule has 0 aromatic carbocycles. The van der Waals surface area contributed by atoms with E-state index in [0.29, 0.717) is 0 Å². The van der Waals surface area contributed by atoms with Crippen molar-refractivity contribution in [2.24, 2.45) is 11.7 Å². The van der Waals surface area contributed by atoms with Crippen LogP contribution in [0.25, 0.3) is 0 Å². The number of likely N-dealkylation sites (N-methyl/N-ethyl adjacent to an activating group) is 1. The van der Waals surface area contributed by atoms with Crippen molar-refractivity contribution in [3.05, 3.63) is 0 Å². The number of piperazine rings is 1. The van der Waals surface area contributed by atoms with Gasteiger partial charge in [0.2, 0.25) is 0 Å². The second-order valence-corrected chi connectivity index (χ2v) is 5.67. The maximum absolute atomic E-state index is 5.72. The van der Waals surface area contributed by atoms with Gasteiger partial charge in [0.05, 0.1) is 0 Å². The van der Waals surface area contributed by atoms with Crippen LogP contribution >= 0.6 is 0 Å². The number of hydrogen-bond donors (Lipinski definition) is 1. The van der Waals surface area contributed by atoms with E-state index < -0.39 is 0 Å². The zero-order chi connectivity index (χ0) is 12.1. The first-order valence-electron chi connectivity index (χ1n) is 7.11. The number of likely N-dealkylation sites (tertiary alicyclic amines) is 1. The third-order valence-electron chi connectivity index (χ3n) is 4.37. The Morgan fingerprint density at radius 1 is 0.882 bits per heavy atom. The Bertz CT molecular complexity index is 205. The van der Waals surface area contributed by atoms with Crippen LogP contribution in [-0.4, -0.2) is 80.7 Å².